The summed E-state index contributed by atoms with van der Waals surface area (Å²) in [7, 11) is -3.06. The Morgan fingerprint density at radius 1 is 1.47 bits per heavy atom. The van der Waals surface area contributed by atoms with Gasteiger partial charge in [-0.2, -0.15) is 20.5 Å². The average Bonchev–Trinajstić information content (AvgIpc) is 2.87. The molecule has 9 heteroatoms. The van der Waals surface area contributed by atoms with Gasteiger partial charge in [0.2, 0.25) is 0 Å². The van der Waals surface area contributed by atoms with Gasteiger partial charge in [0.05, 0.1) is 35.6 Å². The number of aromatic amines is 1. The van der Waals surface area contributed by atoms with Crippen molar-refractivity contribution in [3.8, 4) is 11.4 Å². The monoisotopic (exact) mass is 254 g/mol. The van der Waals surface area contributed by atoms with E-state index in [-0.39, 0.29) is 11.5 Å². The summed E-state index contributed by atoms with van der Waals surface area (Å²) in [5.41, 5.74) is 7.80. The van der Waals surface area contributed by atoms with Crippen molar-refractivity contribution < 1.29 is 8.42 Å². The number of nitrogens with zero attached hydrogens (tertiary/aromatic N) is 4. The molecule has 0 aromatic carbocycles. The first kappa shape index (κ1) is 10.3. The summed E-state index contributed by atoms with van der Waals surface area (Å²) < 4.78 is 24.7. The highest BCUT2D eigenvalue weighted by molar-refractivity contribution is 7.90. The molecule has 2 aromatic heterocycles. The molecule has 0 fully saturated rings. The van der Waals surface area contributed by atoms with E-state index < -0.39 is 9.84 Å². The lowest BCUT2D eigenvalue weighted by atomic mass is 10.2. The van der Waals surface area contributed by atoms with E-state index in [0.29, 0.717) is 29.3 Å². The fourth-order valence-electron chi connectivity index (χ4n) is 1.86. The zero-order valence-corrected chi connectivity index (χ0v) is 9.61. The zero-order valence-electron chi connectivity index (χ0n) is 8.79. The van der Waals surface area contributed by atoms with E-state index in [9.17, 15) is 8.42 Å². The van der Waals surface area contributed by atoms with Crippen LogP contribution in [0.5, 0.6) is 0 Å². The van der Waals surface area contributed by atoms with Crippen molar-refractivity contribution in [1.82, 2.24) is 25.2 Å². The Bertz CT molecular complexity index is 657. The number of nitrogens with two attached hydrogens (primary N) is 1. The van der Waals surface area contributed by atoms with Gasteiger partial charge in [0.25, 0.3) is 0 Å². The number of H-pyrrole nitrogens is 1. The van der Waals surface area contributed by atoms with E-state index in [2.05, 4.69) is 20.5 Å². The highest BCUT2D eigenvalue weighted by Crippen LogP contribution is 2.29. The fourth-order valence-corrected chi connectivity index (χ4v) is 3.18. The Morgan fingerprint density at radius 3 is 3.00 bits per heavy atom. The molecule has 8 nitrogen and oxygen atoms in total. The van der Waals surface area contributed by atoms with E-state index in [1.54, 1.807) is 4.68 Å². The highest BCUT2D eigenvalue weighted by atomic mass is 32.2. The van der Waals surface area contributed by atoms with E-state index in [0.717, 1.165) is 0 Å². The van der Waals surface area contributed by atoms with E-state index in [1.165, 1.54) is 6.20 Å². The molecule has 1 aliphatic heterocycles. The van der Waals surface area contributed by atoms with Gasteiger partial charge >= 0.3 is 0 Å². The maximum absolute atomic E-state index is 11.5. The summed E-state index contributed by atoms with van der Waals surface area (Å²) >= 11 is 0. The van der Waals surface area contributed by atoms with Crippen LogP contribution in [0.1, 0.15) is 5.69 Å². The van der Waals surface area contributed by atoms with Crippen molar-refractivity contribution in [2.75, 3.05) is 11.5 Å². The standard InChI is InChI=1S/C8H10N6O2S/c9-7-6-4-17(15,16)2-1-14(6)12-8(7)5-3-10-13-11-5/h3H,1-2,4,9H2,(H,10,11,13). The average molecular weight is 254 g/mol. The normalized spacial score (nSPS) is 17.9. The molecule has 0 saturated heterocycles. The van der Waals surface area contributed by atoms with Crippen LogP contribution in [0.25, 0.3) is 11.4 Å². The van der Waals surface area contributed by atoms with Crippen LogP contribution in [-0.2, 0) is 22.1 Å². The Morgan fingerprint density at radius 2 is 2.29 bits per heavy atom. The quantitative estimate of drug-likeness (QED) is 0.686. The molecule has 2 aromatic rings. The van der Waals surface area contributed by atoms with E-state index in [4.69, 9.17) is 5.73 Å². The summed E-state index contributed by atoms with van der Waals surface area (Å²) in [6.07, 6.45) is 1.50. The Hall–Kier alpha value is -1.90. The van der Waals surface area contributed by atoms with Crippen molar-refractivity contribution in [3.63, 3.8) is 0 Å². The molecule has 0 amide bonds. The van der Waals surface area contributed by atoms with Gasteiger partial charge < -0.3 is 5.73 Å². The third-order valence-electron chi connectivity index (χ3n) is 2.73. The SMILES string of the molecule is Nc1c(-c2cn[nH]n2)nn2c1CS(=O)(=O)CC2. The van der Waals surface area contributed by atoms with Gasteiger partial charge in [0, 0.05) is 0 Å². The fraction of sp³-hybridized carbons (Fsp3) is 0.375. The Balaban J connectivity index is 2.15. The van der Waals surface area contributed by atoms with Gasteiger partial charge in [0.1, 0.15) is 11.4 Å². The van der Waals surface area contributed by atoms with Crippen LogP contribution in [-0.4, -0.2) is 39.4 Å². The molecule has 17 heavy (non-hydrogen) atoms. The Kier molecular flexibility index (Phi) is 1.99. The first-order valence-electron chi connectivity index (χ1n) is 4.98. The third-order valence-corrected chi connectivity index (χ3v) is 4.24. The predicted octanol–water partition coefficient (Wildman–Crippen LogP) is -0.821. The van der Waals surface area contributed by atoms with Gasteiger partial charge in [-0.25, -0.2) is 8.42 Å². The largest absolute Gasteiger partial charge is 0.395 e. The molecule has 3 rings (SSSR count). The van der Waals surface area contributed by atoms with Crippen LogP contribution in [0, 0.1) is 0 Å². The van der Waals surface area contributed by atoms with Crippen LogP contribution in [0.15, 0.2) is 6.20 Å². The molecule has 3 N–H and O–H groups in total. The number of hydrogen-bond acceptors (Lipinski definition) is 6. The third kappa shape index (κ3) is 1.58. The van der Waals surface area contributed by atoms with Crippen molar-refractivity contribution in [2.24, 2.45) is 0 Å². The number of sulfone groups is 1. The maximum atomic E-state index is 11.5. The second kappa shape index (κ2) is 3.29. The molecule has 0 aliphatic carbocycles. The molecule has 3 heterocycles. The number of anilines is 1. The van der Waals surface area contributed by atoms with Crippen molar-refractivity contribution in [3.05, 3.63) is 11.9 Å². The minimum absolute atomic E-state index is 0.0658. The first-order chi connectivity index (χ1) is 8.07. The molecular formula is C8H10N6O2S. The summed E-state index contributed by atoms with van der Waals surface area (Å²) in [5.74, 6) is 0.0308. The summed E-state index contributed by atoms with van der Waals surface area (Å²) in [4.78, 5) is 0. The second-order valence-electron chi connectivity index (χ2n) is 3.88. The molecule has 0 radical (unpaired) electrons. The van der Waals surface area contributed by atoms with Crippen LogP contribution in [0.4, 0.5) is 5.69 Å². The Labute approximate surface area is 96.7 Å². The number of hydrogen-bond donors (Lipinski definition) is 2. The van der Waals surface area contributed by atoms with E-state index >= 15 is 0 Å². The first-order valence-corrected chi connectivity index (χ1v) is 6.81. The lowest BCUT2D eigenvalue weighted by Gasteiger charge is -2.13. The topological polar surface area (TPSA) is 120 Å². The molecule has 0 saturated carbocycles. The van der Waals surface area contributed by atoms with Crippen LogP contribution in [0.2, 0.25) is 0 Å². The number of rotatable bonds is 1. The minimum atomic E-state index is -3.06. The predicted molar refractivity (Wildman–Crippen MR) is 59.5 cm³/mol. The smallest absolute Gasteiger partial charge is 0.157 e. The minimum Gasteiger partial charge on any atom is -0.395 e. The van der Waals surface area contributed by atoms with Gasteiger partial charge in [-0.3, -0.25) is 4.68 Å². The summed E-state index contributed by atoms with van der Waals surface area (Å²) in [6.45, 7) is 0.333. The van der Waals surface area contributed by atoms with E-state index in [1.807, 2.05) is 0 Å². The van der Waals surface area contributed by atoms with Gasteiger partial charge in [-0.15, -0.1) is 0 Å². The molecule has 90 valence electrons. The lowest BCUT2D eigenvalue weighted by Crippen LogP contribution is -2.24. The van der Waals surface area contributed by atoms with Crippen molar-refractivity contribution in [2.45, 2.75) is 12.3 Å². The lowest BCUT2D eigenvalue weighted by molar-refractivity contribution is 0.556. The number of nitrogens with one attached hydrogen (secondary N) is 1. The molecule has 0 unspecified atom stereocenters. The van der Waals surface area contributed by atoms with Gasteiger partial charge in [-0.05, 0) is 0 Å². The van der Waals surface area contributed by atoms with Crippen molar-refractivity contribution in [1.29, 1.82) is 0 Å². The summed E-state index contributed by atoms with van der Waals surface area (Å²) in [6, 6.07) is 0. The van der Waals surface area contributed by atoms with Crippen LogP contribution < -0.4 is 5.73 Å². The van der Waals surface area contributed by atoms with Gasteiger partial charge in [0.15, 0.2) is 9.84 Å². The van der Waals surface area contributed by atoms with Crippen molar-refractivity contribution >= 4 is 15.5 Å². The highest BCUT2D eigenvalue weighted by Gasteiger charge is 2.27. The summed E-state index contributed by atoms with van der Waals surface area (Å²) in [5, 5.41) is 14.3. The maximum Gasteiger partial charge on any atom is 0.157 e. The van der Waals surface area contributed by atoms with Crippen LogP contribution >= 0.6 is 0 Å². The molecule has 0 atom stereocenters. The second-order valence-corrected chi connectivity index (χ2v) is 6.06. The number of aryl methyl sites for hydroxylation is 1. The molecular weight excluding hydrogens is 244 g/mol. The van der Waals surface area contributed by atoms with Crippen LogP contribution in [0.3, 0.4) is 0 Å². The number of aromatic nitrogens is 5. The number of nitrogen functional groups attached to an aromatic ring is 1. The molecule has 0 bridgehead atoms. The number of fused-ring (bicyclic) bond motifs is 1. The molecule has 0 spiro atoms. The van der Waals surface area contributed by atoms with Gasteiger partial charge in [-0.1, -0.05) is 0 Å². The molecule has 1 aliphatic rings. The zero-order chi connectivity index (χ0) is 12.0.